The lowest BCUT2D eigenvalue weighted by molar-refractivity contribution is -0.222. The summed E-state index contributed by atoms with van der Waals surface area (Å²) in [4.78, 5) is 34.8. The Bertz CT molecular complexity index is 913. The van der Waals surface area contributed by atoms with Crippen molar-refractivity contribution in [1.82, 2.24) is 0 Å². The molecule has 0 bridgehead atoms. The van der Waals surface area contributed by atoms with E-state index in [1.54, 1.807) is 24.3 Å². The van der Waals surface area contributed by atoms with Gasteiger partial charge in [-0.15, -0.1) is 0 Å². The zero-order valence-corrected chi connectivity index (χ0v) is 14.6. The number of rotatable bonds is 5. The van der Waals surface area contributed by atoms with Gasteiger partial charge in [0.25, 0.3) is 5.79 Å². The first-order valence-corrected chi connectivity index (χ1v) is 7.97. The van der Waals surface area contributed by atoms with E-state index in [1.807, 2.05) is 0 Å². The molecule has 0 aliphatic carbocycles. The third kappa shape index (κ3) is 4.35. The number of hydrogen-bond acceptors (Lipinski definition) is 7. The average molecular weight is 372 g/mol. The molecule has 1 aromatic heterocycles. The van der Waals surface area contributed by atoms with Crippen molar-refractivity contribution in [2.24, 2.45) is 0 Å². The predicted molar refractivity (Wildman–Crippen MR) is 90.7 cm³/mol. The Balaban J connectivity index is 1.72. The van der Waals surface area contributed by atoms with Gasteiger partial charge in [0.2, 0.25) is 5.76 Å². The van der Waals surface area contributed by atoms with E-state index in [9.17, 15) is 14.4 Å². The van der Waals surface area contributed by atoms with E-state index in [4.69, 9.17) is 23.7 Å². The van der Waals surface area contributed by atoms with Crippen molar-refractivity contribution in [2.75, 3.05) is 0 Å². The van der Waals surface area contributed by atoms with Gasteiger partial charge in [0, 0.05) is 13.8 Å². The number of carbonyl (C=O) groups excluding carboxylic acids is 2. The highest BCUT2D eigenvalue weighted by molar-refractivity contribution is 6.18. The predicted octanol–water partition coefficient (Wildman–Crippen LogP) is 2.78. The SMILES string of the molecule is CC1(C)OC(=O)C(=Cc2cccc(OCc3ccc(C(=O)O)o3)c2)C(=O)O1. The monoisotopic (exact) mass is 372 g/mol. The molecular formula is C19H16O8. The van der Waals surface area contributed by atoms with Crippen LogP contribution in [0, 0.1) is 0 Å². The average Bonchev–Trinajstić information content (AvgIpc) is 3.05. The third-order valence-electron chi connectivity index (χ3n) is 3.54. The second-order valence-electron chi connectivity index (χ2n) is 6.17. The van der Waals surface area contributed by atoms with Crippen LogP contribution in [0.1, 0.15) is 35.7 Å². The van der Waals surface area contributed by atoms with E-state index < -0.39 is 23.7 Å². The molecule has 1 aromatic carbocycles. The minimum atomic E-state index is -1.30. The summed E-state index contributed by atoms with van der Waals surface area (Å²) in [6.45, 7) is 2.96. The van der Waals surface area contributed by atoms with Crippen LogP contribution >= 0.6 is 0 Å². The van der Waals surface area contributed by atoms with Gasteiger partial charge in [-0.1, -0.05) is 12.1 Å². The summed E-state index contributed by atoms with van der Waals surface area (Å²) in [5, 5.41) is 8.83. The third-order valence-corrected chi connectivity index (χ3v) is 3.54. The van der Waals surface area contributed by atoms with Gasteiger partial charge in [0.05, 0.1) is 0 Å². The van der Waals surface area contributed by atoms with Crippen LogP contribution in [-0.2, 0) is 25.7 Å². The van der Waals surface area contributed by atoms with E-state index in [2.05, 4.69) is 0 Å². The first-order valence-electron chi connectivity index (χ1n) is 7.97. The van der Waals surface area contributed by atoms with Crippen molar-refractivity contribution in [3.8, 4) is 5.75 Å². The maximum atomic E-state index is 12.0. The molecular weight excluding hydrogens is 356 g/mol. The summed E-state index contributed by atoms with van der Waals surface area (Å²) in [7, 11) is 0. The molecule has 27 heavy (non-hydrogen) atoms. The number of carboxylic acids is 1. The lowest BCUT2D eigenvalue weighted by Crippen LogP contribution is -2.41. The number of cyclic esters (lactones) is 2. The summed E-state index contributed by atoms with van der Waals surface area (Å²) in [6.07, 6.45) is 1.35. The van der Waals surface area contributed by atoms with Gasteiger partial charge in [0.15, 0.2) is 0 Å². The van der Waals surface area contributed by atoms with Gasteiger partial charge in [-0.25, -0.2) is 14.4 Å². The number of carbonyl (C=O) groups is 3. The maximum Gasteiger partial charge on any atom is 0.371 e. The second-order valence-corrected chi connectivity index (χ2v) is 6.17. The quantitative estimate of drug-likeness (QED) is 0.484. The minimum Gasteiger partial charge on any atom is -0.486 e. The van der Waals surface area contributed by atoms with Crippen LogP contribution in [0.25, 0.3) is 6.08 Å². The van der Waals surface area contributed by atoms with Gasteiger partial charge >= 0.3 is 17.9 Å². The lowest BCUT2D eigenvalue weighted by atomic mass is 10.1. The summed E-state index contributed by atoms with van der Waals surface area (Å²) < 4.78 is 20.7. The minimum absolute atomic E-state index is 0.0194. The fraction of sp³-hybridized carbons (Fsp3) is 0.211. The molecule has 0 amide bonds. The molecule has 8 nitrogen and oxygen atoms in total. The van der Waals surface area contributed by atoms with E-state index in [1.165, 1.54) is 32.1 Å². The molecule has 8 heteroatoms. The highest BCUT2D eigenvalue weighted by Crippen LogP contribution is 2.25. The summed E-state index contributed by atoms with van der Waals surface area (Å²) in [5.41, 5.74) is 0.311. The highest BCUT2D eigenvalue weighted by atomic mass is 16.7. The second kappa shape index (κ2) is 6.99. The molecule has 1 aliphatic rings. The Morgan fingerprint density at radius 3 is 2.48 bits per heavy atom. The molecule has 0 spiro atoms. The number of hydrogen-bond donors (Lipinski definition) is 1. The molecule has 0 saturated carbocycles. The normalized spacial score (nSPS) is 15.7. The van der Waals surface area contributed by atoms with Crippen LogP contribution in [0.15, 0.2) is 46.4 Å². The van der Waals surface area contributed by atoms with Crippen LogP contribution in [0.4, 0.5) is 0 Å². The molecule has 3 rings (SSSR count). The van der Waals surface area contributed by atoms with Crippen molar-refractivity contribution < 1.29 is 38.1 Å². The van der Waals surface area contributed by atoms with Gasteiger partial charge < -0.3 is 23.7 Å². The molecule has 1 fully saturated rings. The molecule has 0 atom stereocenters. The fourth-order valence-electron chi connectivity index (χ4n) is 2.36. The highest BCUT2D eigenvalue weighted by Gasteiger charge is 2.38. The van der Waals surface area contributed by atoms with Crippen LogP contribution in [0.3, 0.4) is 0 Å². The van der Waals surface area contributed by atoms with E-state index in [-0.39, 0.29) is 17.9 Å². The summed E-state index contributed by atoms with van der Waals surface area (Å²) in [5.74, 6) is -3.38. The molecule has 1 saturated heterocycles. The molecule has 1 N–H and O–H groups in total. The van der Waals surface area contributed by atoms with E-state index >= 15 is 0 Å². The fourth-order valence-corrected chi connectivity index (χ4v) is 2.36. The smallest absolute Gasteiger partial charge is 0.371 e. The number of esters is 2. The van der Waals surface area contributed by atoms with Crippen molar-refractivity contribution in [3.63, 3.8) is 0 Å². The van der Waals surface area contributed by atoms with Gasteiger partial charge in [0.1, 0.15) is 23.7 Å². The van der Waals surface area contributed by atoms with Crippen LogP contribution in [0.2, 0.25) is 0 Å². The van der Waals surface area contributed by atoms with Crippen molar-refractivity contribution in [3.05, 3.63) is 59.1 Å². The van der Waals surface area contributed by atoms with Gasteiger partial charge in [-0.05, 0) is 35.9 Å². The van der Waals surface area contributed by atoms with Crippen LogP contribution in [-0.4, -0.2) is 28.8 Å². The van der Waals surface area contributed by atoms with Crippen molar-refractivity contribution >= 4 is 24.0 Å². The largest absolute Gasteiger partial charge is 0.486 e. The van der Waals surface area contributed by atoms with Crippen molar-refractivity contribution in [2.45, 2.75) is 26.2 Å². The standard InChI is InChI=1S/C19H16O8/c1-19(2)26-17(22)14(18(23)27-19)9-11-4-3-5-12(8-11)24-10-13-6-7-15(25-13)16(20)21/h3-9H,10H2,1-2H3,(H,20,21). The Hall–Kier alpha value is -3.55. The lowest BCUT2D eigenvalue weighted by Gasteiger charge is -2.29. The van der Waals surface area contributed by atoms with Crippen LogP contribution in [0.5, 0.6) is 5.75 Å². The number of aromatic carboxylic acids is 1. The molecule has 140 valence electrons. The zero-order valence-electron chi connectivity index (χ0n) is 14.6. The van der Waals surface area contributed by atoms with E-state index in [0.717, 1.165) is 0 Å². The Kier molecular flexibility index (Phi) is 4.72. The first-order chi connectivity index (χ1) is 12.7. The van der Waals surface area contributed by atoms with E-state index in [0.29, 0.717) is 17.1 Å². The number of furan rings is 1. The molecule has 0 radical (unpaired) electrons. The number of ether oxygens (including phenoxy) is 3. The molecule has 0 unspecified atom stereocenters. The summed E-state index contributed by atoms with van der Waals surface area (Å²) in [6, 6.07) is 9.47. The zero-order chi connectivity index (χ0) is 19.6. The topological polar surface area (TPSA) is 112 Å². The molecule has 1 aliphatic heterocycles. The Morgan fingerprint density at radius 2 is 1.85 bits per heavy atom. The number of carboxylic acid groups (broad SMARTS) is 1. The first kappa shape index (κ1) is 18.2. The summed E-state index contributed by atoms with van der Waals surface area (Å²) >= 11 is 0. The van der Waals surface area contributed by atoms with Crippen LogP contribution < -0.4 is 4.74 Å². The Labute approximate surface area is 153 Å². The van der Waals surface area contributed by atoms with Gasteiger partial charge in [-0.3, -0.25) is 0 Å². The number of benzene rings is 1. The molecule has 2 aromatic rings. The van der Waals surface area contributed by atoms with Gasteiger partial charge in [-0.2, -0.15) is 0 Å². The molecule has 2 heterocycles. The maximum absolute atomic E-state index is 12.0. The Morgan fingerprint density at radius 1 is 1.15 bits per heavy atom. The van der Waals surface area contributed by atoms with Crippen molar-refractivity contribution in [1.29, 1.82) is 0 Å².